The SMILES string of the molecule is NCCCCCCOP(=O)(O)OP(=O)(O)OP(=O)(O)OP(=O)(O)OP(=O)(O)OP(=O)(O)OCC1O[C@@H](N/C=C(\N)C=O)C[C@H]1O. The highest BCUT2D eigenvalue weighted by atomic mass is 31.3. The molecule has 1 aliphatic rings. The number of carbonyl (C=O) groups excluding carboxylic acids is 1. The number of unbranched alkanes of at least 4 members (excludes halogenated alkanes) is 3. The van der Waals surface area contributed by atoms with Gasteiger partial charge in [0, 0.05) is 12.6 Å². The van der Waals surface area contributed by atoms with Gasteiger partial charge in [0.2, 0.25) is 0 Å². The average Bonchev–Trinajstić information content (AvgIpc) is 3.18. The maximum absolute atomic E-state index is 12.0. The molecule has 0 aromatic heterocycles. The monoisotopic (exact) mass is 781 g/mol. The smallest absolute Gasteiger partial charge is 0.395 e. The second-order valence-corrected chi connectivity index (χ2v) is 17.9. The minimum Gasteiger partial charge on any atom is -0.395 e. The second kappa shape index (κ2) is 17.9. The lowest BCUT2D eigenvalue weighted by molar-refractivity contribution is -0.105. The normalized spacial score (nSPS) is 27.2. The Morgan fingerprint density at radius 2 is 1.20 bits per heavy atom. The highest BCUT2D eigenvalue weighted by Crippen LogP contribution is 2.75. The van der Waals surface area contributed by atoms with Crippen molar-refractivity contribution in [3.8, 4) is 0 Å². The highest BCUT2D eigenvalue weighted by molar-refractivity contribution is 7.72. The van der Waals surface area contributed by atoms with E-state index in [1.165, 1.54) is 0 Å². The van der Waals surface area contributed by atoms with Crippen molar-refractivity contribution in [2.75, 3.05) is 19.8 Å². The number of hydrogen-bond acceptors (Lipinski definition) is 19. The Morgan fingerprint density at radius 3 is 1.67 bits per heavy atom. The summed E-state index contributed by atoms with van der Waals surface area (Å²) in [5.74, 6) is 0. The first-order valence-corrected chi connectivity index (χ1v) is 20.9. The molecular weight excluding hydrogens is 748 g/mol. The van der Waals surface area contributed by atoms with Crippen molar-refractivity contribution in [2.45, 2.75) is 50.5 Å². The molecule has 0 amide bonds. The van der Waals surface area contributed by atoms with E-state index >= 15 is 0 Å². The van der Waals surface area contributed by atoms with Crippen LogP contribution in [0.5, 0.6) is 0 Å². The van der Waals surface area contributed by atoms with E-state index in [1.807, 2.05) is 0 Å². The number of allylic oxidation sites excluding steroid dienone is 1. The van der Waals surface area contributed by atoms with E-state index in [4.69, 9.17) is 16.2 Å². The summed E-state index contributed by atoms with van der Waals surface area (Å²) in [6, 6.07) is 0. The quantitative estimate of drug-likeness (QED) is 0.0288. The van der Waals surface area contributed by atoms with Gasteiger partial charge in [-0.15, -0.1) is 0 Å². The van der Waals surface area contributed by atoms with Crippen molar-refractivity contribution in [3.05, 3.63) is 11.9 Å². The Kier molecular flexibility index (Phi) is 17.1. The first-order valence-electron chi connectivity index (χ1n) is 11.9. The molecule has 25 nitrogen and oxygen atoms in total. The third-order valence-electron chi connectivity index (χ3n) is 4.58. The maximum Gasteiger partial charge on any atom is 0.490 e. The number of carbonyl (C=O) groups is 1. The number of nitrogens with one attached hydrogen (secondary N) is 1. The average molecular weight is 781 g/mol. The van der Waals surface area contributed by atoms with Crippen molar-refractivity contribution in [1.29, 1.82) is 0 Å². The zero-order chi connectivity index (χ0) is 34.7. The summed E-state index contributed by atoms with van der Waals surface area (Å²) in [6.45, 7) is -1.10. The molecule has 12 N–H and O–H groups in total. The Morgan fingerprint density at radius 1 is 0.756 bits per heavy atom. The second-order valence-electron chi connectivity index (χ2n) is 8.45. The molecule has 0 saturated carbocycles. The lowest BCUT2D eigenvalue weighted by Crippen LogP contribution is -2.28. The van der Waals surface area contributed by atoms with Gasteiger partial charge in [0.25, 0.3) is 0 Å². The number of aliphatic hydroxyl groups is 1. The summed E-state index contributed by atoms with van der Waals surface area (Å²) in [7, 11) is -36.3. The molecule has 1 saturated heterocycles. The Bertz CT molecular complexity index is 1310. The molecule has 1 rings (SSSR count). The Hall–Kier alpha value is -0.250. The number of ether oxygens (including phenoxy) is 1. The first-order chi connectivity index (χ1) is 20.4. The molecule has 0 bridgehead atoms. The van der Waals surface area contributed by atoms with Gasteiger partial charge in [0.1, 0.15) is 12.3 Å². The summed E-state index contributed by atoms with van der Waals surface area (Å²) >= 11 is 0. The number of aliphatic hydroxyl groups excluding tert-OH is 1. The van der Waals surface area contributed by atoms with Crippen molar-refractivity contribution >= 4 is 53.2 Å². The van der Waals surface area contributed by atoms with E-state index in [1.54, 1.807) is 0 Å². The summed E-state index contributed by atoms with van der Waals surface area (Å²) in [5, 5.41) is 12.4. The van der Waals surface area contributed by atoms with Gasteiger partial charge in [0.15, 0.2) is 6.29 Å². The third-order valence-corrected chi connectivity index (χ3v) is 13.8. The van der Waals surface area contributed by atoms with Crippen LogP contribution in [0.15, 0.2) is 11.9 Å². The van der Waals surface area contributed by atoms with Gasteiger partial charge in [0.05, 0.1) is 25.0 Å². The van der Waals surface area contributed by atoms with E-state index < -0.39 is 78.6 Å². The summed E-state index contributed by atoms with van der Waals surface area (Å²) in [5.41, 5.74) is 10.3. The van der Waals surface area contributed by atoms with Gasteiger partial charge in [-0.1, -0.05) is 12.8 Å². The predicted octanol–water partition coefficient (Wildman–Crippen LogP) is 0.289. The molecule has 0 aliphatic carbocycles. The van der Waals surface area contributed by atoms with Gasteiger partial charge >= 0.3 is 46.9 Å². The number of phosphoric acid groups is 6. The number of phosphoric ester groups is 2. The predicted molar refractivity (Wildman–Crippen MR) is 145 cm³/mol. The van der Waals surface area contributed by atoms with Crippen molar-refractivity contribution in [3.63, 3.8) is 0 Å². The van der Waals surface area contributed by atoms with Crippen LogP contribution in [-0.2, 0) is 67.5 Å². The van der Waals surface area contributed by atoms with E-state index in [2.05, 4.69) is 35.9 Å². The van der Waals surface area contributed by atoms with Crippen LogP contribution in [-0.4, -0.2) is 78.9 Å². The number of hydrogen-bond donors (Lipinski definition) is 10. The fourth-order valence-corrected chi connectivity index (χ4v) is 10.8. The van der Waals surface area contributed by atoms with Gasteiger partial charge in [-0.25, -0.2) is 27.4 Å². The van der Waals surface area contributed by atoms with Crippen molar-refractivity contribution in [1.82, 2.24) is 5.32 Å². The Labute approximate surface area is 254 Å². The molecule has 0 spiro atoms. The molecule has 7 unspecified atom stereocenters. The van der Waals surface area contributed by atoms with Crippen LogP contribution in [0.4, 0.5) is 0 Å². The fraction of sp³-hybridized carbons (Fsp3) is 0.786. The van der Waals surface area contributed by atoms with Crippen molar-refractivity contribution in [2.24, 2.45) is 11.5 Å². The van der Waals surface area contributed by atoms with Crippen LogP contribution in [0, 0.1) is 0 Å². The molecule has 266 valence electrons. The standard InChI is InChI=1S/C14H33N3O22P6/c15-5-3-1-2-4-6-32-40(20,21)35-42(24,25)37-44(28,29)39-45(30,31)38-43(26,27)36-41(22,23)33-10-13-12(19)7-14(34-13)17-8-11(16)9-18/h8-9,12-14,17,19H,1-7,10,15-16H2,(H,20,21)(H,22,23)(H,24,25)(H,26,27)(H,28,29)(H,30,31)/b11-8-/t12-,13?,14-/m1/s1. The van der Waals surface area contributed by atoms with Crippen LogP contribution in [0.2, 0.25) is 0 Å². The minimum absolute atomic E-state index is 0.159. The summed E-state index contributed by atoms with van der Waals surface area (Å²) in [6.07, 6.45) is -0.652. The van der Waals surface area contributed by atoms with Crippen LogP contribution >= 0.6 is 46.9 Å². The Balaban J connectivity index is 2.69. The molecule has 1 heterocycles. The molecule has 31 heteroatoms. The molecule has 9 atom stereocenters. The summed E-state index contributed by atoms with van der Waals surface area (Å²) in [4.78, 5) is 67.7. The molecule has 1 aliphatic heterocycles. The van der Waals surface area contributed by atoms with Gasteiger partial charge in [-0.05, 0) is 19.4 Å². The number of rotatable bonds is 23. The highest BCUT2D eigenvalue weighted by Gasteiger charge is 2.49. The van der Waals surface area contributed by atoms with E-state index in [-0.39, 0.29) is 24.8 Å². The molecule has 0 aromatic rings. The van der Waals surface area contributed by atoms with Crippen LogP contribution in [0.3, 0.4) is 0 Å². The minimum atomic E-state index is -6.40. The number of aldehydes is 1. The van der Waals surface area contributed by atoms with Crippen LogP contribution < -0.4 is 16.8 Å². The molecular formula is C14H33N3O22P6. The topological polar surface area (TPSA) is 399 Å². The van der Waals surface area contributed by atoms with Gasteiger partial charge < -0.3 is 56.0 Å². The molecule has 1 fully saturated rings. The number of nitrogens with two attached hydrogens (primary N) is 2. The zero-order valence-corrected chi connectivity index (χ0v) is 28.0. The summed E-state index contributed by atoms with van der Waals surface area (Å²) < 4.78 is 104. The largest absolute Gasteiger partial charge is 0.490 e. The van der Waals surface area contributed by atoms with E-state index in [9.17, 15) is 66.7 Å². The zero-order valence-electron chi connectivity index (χ0n) is 22.6. The molecule has 0 aromatic carbocycles. The third kappa shape index (κ3) is 18.8. The van der Waals surface area contributed by atoms with Crippen LogP contribution in [0.1, 0.15) is 32.1 Å². The van der Waals surface area contributed by atoms with Crippen LogP contribution in [0.25, 0.3) is 0 Å². The lowest BCUT2D eigenvalue weighted by atomic mass is 10.2. The van der Waals surface area contributed by atoms with E-state index in [0.717, 1.165) is 6.20 Å². The first kappa shape index (κ1) is 42.8. The van der Waals surface area contributed by atoms with E-state index in [0.29, 0.717) is 25.8 Å². The lowest BCUT2D eigenvalue weighted by Gasteiger charge is -2.21. The van der Waals surface area contributed by atoms with Crippen molar-refractivity contribution < 1.29 is 102 Å². The van der Waals surface area contributed by atoms with Gasteiger partial charge in [-0.2, -0.15) is 21.6 Å². The van der Waals surface area contributed by atoms with Gasteiger partial charge in [-0.3, -0.25) is 13.8 Å². The molecule has 0 radical (unpaired) electrons. The maximum atomic E-state index is 12.0. The molecule has 45 heavy (non-hydrogen) atoms. The fourth-order valence-electron chi connectivity index (χ4n) is 2.92.